The van der Waals surface area contributed by atoms with E-state index in [2.05, 4.69) is 10.9 Å². The lowest BCUT2D eigenvalue weighted by atomic mass is 9.90. The molecule has 0 saturated carbocycles. The van der Waals surface area contributed by atoms with Gasteiger partial charge in [0.25, 0.3) is 0 Å². The van der Waals surface area contributed by atoms with E-state index in [0.717, 1.165) is 6.20 Å². The van der Waals surface area contributed by atoms with Crippen LogP contribution in [-0.4, -0.2) is 43.6 Å². The first-order chi connectivity index (χ1) is 10.2. The molecule has 8 nitrogen and oxygen atoms in total. The highest BCUT2D eigenvalue weighted by molar-refractivity contribution is 6.30. The fraction of sp³-hybridized carbons (Fsp3) is 0.500. The molecule has 0 radical (unpaired) electrons. The Bertz CT molecular complexity index is 701. The first kappa shape index (κ1) is 16.7. The van der Waals surface area contributed by atoms with E-state index >= 15 is 0 Å². The highest BCUT2D eigenvalue weighted by Gasteiger charge is 2.56. The highest BCUT2D eigenvalue weighted by atomic mass is 35.5. The summed E-state index contributed by atoms with van der Waals surface area (Å²) in [5, 5.41) is 21.9. The van der Waals surface area contributed by atoms with Crippen LogP contribution < -0.4 is 17.2 Å². The van der Waals surface area contributed by atoms with Crippen LogP contribution in [0.25, 0.3) is 0 Å². The van der Waals surface area contributed by atoms with Gasteiger partial charge in [-0.05, 0) is 18.5 Å². The number of ether oxygens (including phenoxy) is 1. The van der Waals surface area contributed by atoms with Gasteiger partial charge >= 0.3 is 5.69 Å². The average molecular weight is 333 g/mol. The van der Waals surface area contributed by atoms with Gasteiger partial charge in [0.1, 0.15) is 12.2 Å². The Hall–Kier alpha value is -1.70. The minimum atomic E-state index is -1.85. The minimum Gasteiger partial charge on any atom is -0.391 e. The maximum absolute atomic E-state index is 13.6. The van der Waals surface area contributed by atoms with Crippen molar-refractivity contribution in [2.45, 2.75) is 37.0 Å². The normalized spacial score (nSPS) is 32.4. The van der Waals surface area contributed by atoms with Crippen molar-refractivity contribution in [2.75, 3.05) is 5.73 Å². The molecule has 1 unspecified atom stereocenters. The van der Waals surface area contributed by atoms with Gasteiger partial charge in [0.2, 0.25) is 0 Å². The maximum atomic E-state index is 13.6. The van der Waals surface area contributed by atoms with Gasteiger partial charge in [0.15, 0.2) is 23.4 Å². The molecule has 1 aromatic heterocycles. The van der Waals surface area contributed by atoms with Gasteiger partial charge in [-0.1, -0.05) is 5.92 Å². The van der Waals surface area contributed by atoms with Crippen LogP contribution in [-0.2, 0) is 4.74 Å². The van der Waals surface area contributed by atoms with E-state index in [0.29, 0.717) is 4.57 Å². The van der Waals surface area contributed by atoms with E-state index in [9.17, 15) is 19.4 Å². The third kappa shape index (κ3) is 2.55. The number of hydrogen-bond donors (Lipinski definition) is 4. The zero-order valence-corrected chi connectivity index (χ0v) is 12.2. The summed E-state index contributed by atoms with van der Waals surface area (Å²) in [6.45, 7) is 1.36. The summed E-state index contributed by atoms with van der Waals surface area (Å²) in [5.41, 5.74) is 8.40. The van der Waals surface area contributed by atoms with Crippen LogP contribution in [0.5, 0.6) is 0 Å². The molecule has 0 aromatic carbocycles. The third-order valence-electron chi connectivity index (χ3n) is 3.42. The summed E-state index contributed by atoms with van der Waals surface area (Å²) in [4.78, 5) is 15.2. The number of nitrogen functional groups attached to an aromatic ring is 1. The van der Waals surface area contributed by atoms with Gasteiger partial charge in [-0.2, -0.15) is 4.98 Å². The molecule has 10 heteroatoms. The number of nitrogens with zero attached hydrogens (tertiary/aromatic N) is 2. The fourth-order valence-electron chi connectivity index (χ4n) is 2.27. The van der Waals surface area contributed by atoms with Crippen LogP contribution in [0.15, 0.2) is 11.0 Å². The lowest BCUT2D eigenvalue weighted by Crippen LogP contribution is -2.55. The topological polar surface area (TPSA) is 137 Å². The molecule has 1 fully saturated rings. The number of halogens is 2. The minimum absolute atomic E-state index is 0.585. The van der Waals surface area contributed by atoms with Gasteiger partial charge < -0.3 is 26.4 Å². The number of anilines is 1. The average Bonchev–Trinajstić information content (AvgIpc) is 2.68. The van der Waals surface area contributed by atoms with Crippen LogP contribution in [0.2, 0.25) is 0 Å². The molecule has 0 amide bonds. The summed E-state index contributed by atoms with van der Waals surface area (Å²) in [7, 11) is 0. The molecule has 6 N–H and O–H groups in total. The Kier molecular flexibility index (Phi) is 4.42. The molecule has 1 saturated heterocycles. The number of aromatic nitrogens is 2. The Morgan fingerprint density at radius 3 is 2.86 bits per heavy atom. The van der Waals surface area contributed by atoms with Crippen molar-refractivity contribution in [1.29, 1.82) is 0 Å². The van der Waals surface area contributed by atoms with Crippen molar-refractivity contribution < 1.29 is 19.3 Å². The molecule has 0 aliphatic carbocycles. The Labute approximate surface area is 129 Å². The van der Waals surface area contributed by atoms with Gasteiger partial charge in [-0.3, -0.25) is 4.57 Å². The number of hydrogen-bond acceptors (Lipinski definition) is 7. The zero-order chi connectivity index (χ0) is 16.7. The van der Waals surface area contributed by atoms with Crippen molar-refractivity contribution in [3.63, 3.8) is 0 Å². The number of rotatable bonds is 2. The predicted octanol–water partition coefficient (Wildman–Crippen LogP) is -1.50. The molecule has 22 heavy (non-hydrogen) atoms. The van der Waals surface area contributed by atoms with Gasteiger partial charge in [-0.15, -0.1) is 0 Å². The first-order valence-corrected chi connectivity index (χ1v) is 6.57. The smallest absolute Gasteiger partial charge is 0.351 e. The van der Waals surface area contributed by atoms with Crippen molar-refractivity contribution in [1.82, 2.24) is 9.55 Å². The monoisotopic (exact) mass is 332 g/mol. The van der Waals surface area contributed by atoms with E-state index in [4.69, 9.17) is 27.8 Å². The lowest BCUT2D eigenvalue weighted by molar-refractivity contribution is -0.0780. The number of aliphatic hydroxyl groups is 2. The van der Waals surface area contributed by atoms with E-state index in [1.807, 2.05) is 5.38 Å². The van der Waals surface area contributed by atoms with E-state index in [1.165, 1.54) is 6.92 Å². The summed E-state index contributed by atoms with van der Waals surface area (Å²) in [6.07, 6.45) is -4.42. The predicted molar refractivity (Wildman–Crippen MR) is 75.0 cm³/mol. The third-order valence-corrected chi connectivity index (χ3v) is 3.52. The summed E-state index contributed by atoms with van der Waals surface area (Å²) >= 11 is 5.35. The van der Waals surface area contributed by atoms with Crippen molar-refractivity contribution >= 4 is 17.4 Å². The van der Waals surface area contributed by atoms with Gasteiger partial charge in [0.05, 0.1) is 12.3 Å². The first-order valence-electron chi connectivity index (χ1n) is 6.19. The molecular weight excluding hydrogens is 319 g/mol. The molecule has 1 aliphatic heterocycles. The van der Waals surface area contributed by atoms with E-state index in [-0.39, 0.29) is 0 Å². The van der Waals surface area contributed by atoms with Crippen molar-refractivity contribution in [2.24, 2.45) is 5.73 Å². The molecule has 0 spiro atoms. The van der Waals surface area contributed by atoms with Crippen molar-refractivity contribution in [3.8, 4) is 11.3 Å². The van der Waals surface area contributed by atoms with Gasteiger partial charge in [-0.25, -0.2) is 9.18 Å². The molecule has 120 valence electrons. The molecule has 1 aliphatic rings. The molecule has 2 heterocycles. The molecule has 2 rings (SSSR count). The molecule has 5 atom stereocenters. The SMILES string of the molecule is C[C@H](O)[C@H]1O[C@@H](n2cc(F)c(N)nc2=O)[C@@](N)(C#CCl)C1O. The standard InChI is InChI=1S/C12H14ClFN4O4/c1-5(19)7-8(20)12(16,2-3-13)10(22-7)18-4-6(14)9(15)17-11(18)21/h4-5,7-8,10,19-20H,16H2,1H3,(H2,15,17,21)/t5-,7+,8?,10+,12+/m0/s1. The fourth-order valence-corrected chi connectivity index (χ4v) is 2.43. The maximum Gasteiger partial charge on any atom is 0.351 e. The second-order valence-electron chi connectivity index (χ2n) is 4.95. The van der Waals surface area contributed by atoms with Crippen LogP contribution in [0.3, 0.4) is 0 Å². The number of aliphatic hydroxyl groups excluding tert-OH is 2. The Morgan fingerprint density at radius 2 is 2.32 bits per heavy atom. The van der Waals surface area contributed by atoms with Crippen LogP contribution in [0.4, 0.5) is 10.2 Å². The molecular formula is C12H14ClFN4O4. The van der Waals surface area contributed by atoms with Crippen LogP contribution in [0.1, 0.15) is 13.2 Å². The quantitative estimate of drug-likeness (QED) is 0.484. The Balaban J connectivity index is 2.59. The van der Waals surface area contributed by atoms with Crippen LogP contribution in [0, 0.1) is 17.1 Å². The molecule has 1 aromatic rings. The van der Waals surface area contributed by atoms with Gasteiger partial charge in [0, 0.05) is 5.38 Å². The zero-order valence-electron chi connectivity index (χ0n) is 11.4. The summed E-state index contributed by atoms with van der Waals surface area (Å²) in [6, 6.07) is 0. The summed E-state index contributed by atoms with van der Waals surface area (Å²) in [5.74, 6) is 0.773. The highest BCUT2D eigenvalue weighted by Crippen LogP contribution is 2.37. The molecule has 0 bridgehead atoms. The van der Waals surface area contributed by atoms with E-state index in [1.54, 1.807) is 0 Å². The second kappa shape index (κ2) is 5.83. The second-order valence-corrected chi connectivity index (χ2v) is 5.14. The largest absolute Gasteiger partial charge is 0.391 e. The number of nitrogens with two attached hydrogens (primary N) is 2. The lowest BCUT2D eigenvalue weighted by Gasteiger charge is -2.27. The van der Waals surface area contributed by atoms with Crippen molar-refractivity contribution in [3.05, 3.63) is 22.5 Å². The summed E-state index contributed by atoms with van der Waals surface area (Å²) < 4.78 is 19.7. The van der Waals surface area contributed by atoms with Crippen LogP contribution >= 0.6 is 11.6 Å². The van der Waals surface area contributed by atoms with E-state index < -0.39 is 47.4 Å². The Morgan fingerprint density at radius 1 is 1.68 bits per heavy atom.